The van der Waals surface area contributed by atoms with Crippen molar-refractivity contribution in [3.8, 4) is 5.75 Å². The Morgan fingerprint density at radius 3 is 2.21 bits per heavy atom. The molecule has 0 radical (unpaired) electrons. The van der Waals surface area contributed by atoms with Crippen LogP contribution >= 0.6 is 46.4 Å². The summed E-state index contributed by atoms with van der Waals surface area (Å²) >= 11 is 24.0. The zero-order valence-electron chi connectivity index (χ0n) is 15.6. The summed E-state index contributed by atoms with van der Waals surface area (Å²) in [4.78, 5) is 2.47. The van der Waals surface area contributed by atoms with E-state index in [1.54, 1.807) is 12.1 Å². The van der Waals surface area contributed by atoms with Crippen LogP contribution in [-0.2, 0) is 6.42 Å². The van der Waals surface area contributed by atoms with Crippen LogP contribution in [0.25, 0.3) is 0 Å². The van der Waals surface area contributed by atoms with Crippen molar-refractivity contribution in [3.05, 3.63) is 62.1 Å². The van der Waals surface area contributed by atoms with Crippen LogP contribution in [0.1, 0.15) is 18.4 Å². The molecule has 1 N–H and O–H groups in total. The van der Waals surface area contributed by atoms with Gasteiger partial charge in [-0.05, 0) is 55.6 Å². The molecule has 0 amide bonds. The molecule has 0 bridgehead atoms. The Hall–Kier alpha value is -0.680. The summed E-state index contributed by atoms with van der Waals surface area (Å²) in [5.74, 6) is 0.789. The van der Waals surface area contributed by atoms with Crippen molar-refractivity contribution in [2.24, 2.45) is 0 Å². The molecule has 1 fully saturated rings. The Morgan fingerprint density at radius 1 is 0.857 bits per heavy atom. The fourth-order valence-corrected chi connectivity index (χ4v) is 3.89. The molecule has 1 aliphatic rings. The average Bonchev–Trinajstić information content (AvgIpc) is 2.68. The van der Waals surface area contributed by atoms with E-state index in [1.165, 1.54) is 5.56 Å². The van der Waals surface area contributed by atoms with Crippen molar-refractivity contribution in [2.45, 2.75) is 25.4 Å². The van der Waals surface area contributed by atoms with Crippen molar-refractivity contribution < 1.29 is 4.74 Å². The minimum atomic E-state index is 0.233. The lowest BCUT2D eigenvalue weighted by molar-refractivity contribution is 0.101. The van der Waals surface area contributed by atoms with E-state index in [9.17, 15) is 0 Å². The maximum atomic E-state index is 6.05. The highest BCUT2D eigenvalue weighted by molar-refractivity contribution is 6.42. The third kappa shape index (κ3) is 6.69. The van der Waals surface area contributed by atoms with Crippen LogP contribution in [0.3, 0.4) is 0 Å². The van der Waals surface area contributed by atoms with Crippen LogP contribution in [0, 0.1) is 0 Å². The molecule has 3 rings (SSSR count). The lowest BCUT2D eigenvalue weighted by Gasteiger charge is -2.32. The molecule has 28 heavy (non-hydrogen) atoms. The summed E-state index contributed by atoms with van der Waals surface area (Å²) in [5.41, 5.74) is 1.20. The minimum absolute atomic E-state index is 0.233. The summed E-state index contributed by atoms with van der Waals surface area (Å²) in [6.07, 6.45) is 3.21. The third-order valence-electron chi connectivity index (χ3n) is 4.91. The summed E-state index contributed by atoms with van der Waals surface area (Å²) in [7, 11) is 0. The Morgan fingerprint density at radius 2 is 1.54 bits per heavy atom. The van der Waals surface area contributed by atoms with Crippen LogP contribution in [0.15, 0.2) is 36.4 Å². The standard InChI is InChI=1S/C21H24Cl4N2O/c22-18-3-1-15(13-20(18)24)5-8-26-9-12-27-10-6-16(7-11-27)28-17-2-4-19(23)21(25)14-17/h1-4,13-14,16,26H,5-12H2. The second-order valence-electron chi connectivity index (χ2n) is 6.98. The second kappa shape index (κ2) is 10.9. The van der Waals surface area contributed by atoms with E-state index in [-0.39, 0.29) is 6.10 Å². The predicted octanol–water partition coefficient (Wildman–Crippen LogP) is 5.98. The second-order valence-corrected chi connectivity index (χ2v) is 8.61. The van der Waals surface area contributed by atoms with Gasteiger partial charge in [-0.25, -0.2) is 0 Å². The SMILES string of the molecule is Clc1ccc(CCNCCN2CCC(Oc3ccc(Cl)c(Cl)c3)CC2)cc1Cl. The number of halogens is 4. The maximum Gasteiger partial charge on any atom is 0.121 e. The Bertz CT molecular complexity index is 779. The van der Waals surface area contributed by atoms with Crippen molar-refractivity contribution in [1.82, 2.24) is 10.2 Å². The number of rotatable bonds is 8. The lowest BCUT2D eigenvalue weighted by atomic mass is 10.1. The van der Waals surface area contributed by atoms with Gasteiger partial charge in [-0.1, -0.05) is 52.5 Å². The van der Waals surface area contributed by atoms with Gasteiger partial charge in [0.2, 0.25) is 0 Å². The lowest BCUT2D eigenvalue weighted by Crippen LogP contribution is -2.41. The topological polar surface area (TPSA) is 24.5 Å². The molecule has 0 saturated carbocycles. The quantitative estimate of drug-likeness (QED) is 0.489. The van der Waals surface area contributed by atoms with Crippen LogP contribution < -0.4 is 10.1 Å². The molecule has 0 unspecified atom stereocenters. The number of piperidine rings is 1. The number of hydrogen-bond donors (Lipinski definition) is 1. The number of ether oxygens (including phenoxy) is 1. The fraction of sp³-hybridized carbons (Fsp3) is 0.429. The smallest absolute Gasteiger partial charge is 0.121 e. The Balaban J connectivity index is 1.30. The highest BCUT2D eigenvalue weighted by Crippen LogP contribution is 2.28. The van der Waals surface area contributed by atoms with E-state index in [4.69, 9.17) is 51.1 Å². The molecule has 0 atom stereocenters. The van der Waals surface area contributed by atoms with Gasteiger partial charge in [-0.3, -0.25) is 0 Å². The normalized spacial score (nSPS) is 15.7. The molecule has 3 nitrogen and oxygen atoms in total. The van der Waals surface area contributed by atoms with E-state index in [1.807, 2.05) is 24.3 Å². The van der Waals surface area contributed by atoms with Gasteiger partial charge >= 0.3 is 0 Å². The summed E-state index contributed by atoms with van der Waals surface area (Å²) in [5, 5.41) is 5.80. The number of benzene rings is 2. The number of nitrogens with zero attached hydrogens (tertiary/aromatic N) is 1. The number of nitrogens with one attached hydrogen (secondary N) is 1. The third-order valence-corrected chi connectivity index (χ3v) is 6.39. The van der Waals surface area contributed by atoms with Gasteiger partial charge in [0.15, 0.2) is 0 Å². The van der Waals surface area contributed by atoms with Gasteiger partial charge in [0, 0.05) is 32.2 Å². The van der Waals surface area contributed by atoms with Crippen LogP contribution in [-0.4, -0.2) is 43.7 Å². The zero-order valence-corrected chi connectivity index (χ0v) is 18.6. The predicted molar refractivity (Wildman–Crippen MR) is 120 cm³/mol. The molecular weight excluding hydrogens is 438 g/mol. The molecule has 1 aliphatic heterocycles. The van der Waals surface area contributed by atoms with Gasteiger partial charge in [0.25, 0.3) is 0 Å². The first kappa shape index (κ1) is 22.0. The number of likely N-dealkylation sites (tertiary alicyclic amines) is 1. The van der Waals surface area contributed by atoms with Crippen LogP contribution in [0.2, 0.25) is 20.1 Å². The van der Waals surface area contributed by atoms with Gasteiger partial charge in [0.1, 0.15) is 11.9 Å². The van der Waals surface area contributed by atoms with Crippen LogP contribution in [0.4, 0.5) is 0 Å². The highest BCUT2D eigenvalue weighted by Gasteiger charge is 2.20. The van der Waals surface area contributed by atoms with Gasteiger partial charge in [0.05, 0.1) is 20.1 Å². The minimum Gasteiger partial charge on any atom is -0.490 e. The molecule has 2 aromatic carbocycles. The largest absolute Gasteiger partial charge is 0.490 e. The Kier molecular flexibility index (Phi) is 8.58. The Labute approximate surface area is 186 Å². The van der Waals surface area contributed by atoms with Crippen molar-refractivity contribution in [1.29, 1.82) is 0 Å². The van der Waals surface area contributed by atoms with E-state index >= 15 is 0 Å². The highest BCUT2D eigenvalue weighted by atomic mass is 35.5. The molecule has 7 heteroatoms. The molecule has 2 aromatic rings. The monoisotopic (exact) mass is 460 g/mol. The first-order chi connectivity index (χ1) is 13.5. The van der Waals surface area contributed by atoms with Crippen molar-refractivity contribution in [2.75, 3.05) is 32.7 Å². The van der Waals surface area contributed by atoms with Crippen molar-refractivity contribution in [3.63, 3.8) is 0 Å². The van der Waals surface area contributed by atoms with E-state index in [0.29, 0.717) is 20.1 Å². The molecule has 152 valence electrons. The van der Waals surface area contributed by atoms with Gasteiger partial charge in [-0.15, -0.1) is 0 Å². The van der Waals surface area contributed by atoms with Crippen LogP contribution in [0.5, 0.6) is 5.75 Å². The first-order valence-electron chi connectivity index (χ1n) is 9.50. The first-order valence-corrected chi connectivity index (χ1v) is 11.0. The molecule has 0 spiro atoms. The fourth-order valence-electron chi connectivity index (χ4n) is 3.28. The van der Waals surface area contributed by atoms with E-state index < -0.39 is 0 Å². The van der Waals surface area contributed by atoms with Gasteiger partial charge < -0.3 is 15.0 Å². The summed E-state index contributed by atoms with van der Waals surface area (Å²) in [6.45, 7) is 5.02. The van der Waals surface area contributed by atoms with Crippen molar-refractivity contribution >= 4 is 46.4 Å². The molecule has 0 aliphatic carbocycles. The molecule has 0 aromatic heterocycles. The maximum absolute atomic E-state index is 6.05. The summed E-state index contributed by atoms with van der Waals surface area (Å²) in [6, 6.07) is 11.2. The average molecular weight is 462 g/mol. The van der Waals surface area contributed by atoms with Gasteiger partial charge in [-0.2, -0.15) is 0 Å². The molecule has 1 heterocycles. The van der Waals surface area contributed by atoms with E-state index in [2.05, 4.69) is 10.2 Å². The zero-order chi connectivity index (χ0) is 19.9. The number of hydrogen-bond acceptors (Lipinski definition) is 3. The van der Waals surface area contributed by atoms with E-state index in [0.717, 1.165) is 57.7 Å². The molecular formula is C21H24Cl4N2O. The summed E-state index contributed by atoms with van der Waals surface area (Å²) < 4.78 is 6.04. The molecule has 1 saturated heterocycles.